The summed E-state index contributed by atoms with van der Waals surface area (Å²) in [4.78, 5) is 10.8. The van der Waals surface area contributed by atoms with Gasteiger partial charge in [-0.15, -0.1) is 0 Å². The van der Waals surface area contributed by atoms with E-state index in [0.29, 0.717) is 0 Å². The molecule has 1 rings (SSSR count). The van der Waals surface area contributed by atoms with Gasteiger partial charge in [-0.05, 0) is 11.6 Å². The summed E-state index contributed by atoms with van der Waals surface area (Å²) in [5, 5.41) is 9.01. The van der Waals surface area contributed by atoms with E-state index >= 15 is 0 Å². The van der Waals surface area contributed by atoms with Crippen molar-refractivity contribution in [3.63, 3.8) is 0 Å². The molecule has 1 N–H and O–H groups in total. The van der Waals surface area contributed by atoms with E-state index in [2.05, 4.69) is 16.6 Å². The van der Waals surface area contributed by atoms with Crippen LogP contribution < -0.4 is 0 Å². The molecule has 0 fully saturated rings. The second-order valence-electron chi connectivity index (χ2n) is 2.87. The van der Waals surface area contributed by atoms with Crippen molar-refractivity contribution in [3.05, 3.63) is 35.4 Å². The summed E-state index contributed by atoms with van der Waals surface area (Å²) < 4.78 is 4.45. The van der Waals surface area contributed by atoms with E-state index in [0.717, 1.165) is 11.1 Å². The van der Waals surface area contributed by atoms with Crippen LogP contribution >= 0.6 is 0 Å². The van der Waals surface area contributed by atoms with Crippen LogP contribution in [-0.2, 0) is 16.1 Å². The van der Waals surface area contributed by atoms with E-state index in [1.165, 1.54) is 7.11 Å². The maximum Gasteiger partial charge on any atom is 0.317 e. The van der Waals surface area contributed by atoms with Crippen molar-refractivity contribution in [2.24, 2.45) is 0 Å². The Kier molecular flexibility index (Phi) is 4.39. The zero-order chi connectivity index (χ0) is 11.1. The molecular weight excluding hydrogens is 192 g/mol. The number of carbonyl (C=O) groups is 1. The number of ether oxygens (including phenoxy) is 1. The fourth-order valence-electron chi connectivity index (χ4n) is 1.06. The van der Waals surface area contributed by atoms with Crippen molar-refractivity contribution < 1.29 is 14.6 Å². The largest absolute Gasteiger partial charge is 0.468 e. The molecule has 0 saturated heterocycles. The van der Waals surface area contributed by atoms with Crippen molar-refractivity contribution in [2.75, 3.05) is 7.11 Å². The summed E-state index contributed by atoms with van der Waals surface area (Å²) >= 11 is 0. The van der Waals surface area contributed by atoms with Gasteiger partial charge in [-0.3, -0.25) is 4.79 Å². The lowest BCUT2D eigenvalue weighted by Crippen LogP contribution is -1.97. The molecule has 0 radical (unpaired) electrons. The first kappa shape index (κ1) is 11.3. The van der Waals surface area contributed by atoms with Gasteiger partial charge in [0.05, 0.1) is 13.7 Å². The van der Waals surface area contributed by atoms with Gasteiger partial charge in [0.15, 0.2) is 0 Å². The van der Waals surface area contributed by atoms with Crippen LogP contribution in [0.5, 0.6) is 0 Å². The fraction of sp³-hybridized carbons (Fsp3) is 0.250. The molecular formula is C12H12O3. The first-order valence-corrected chi connectivity index (χ1v) is 4.52. The van der Waals surface area contributed by atoms with E-state index < -0.39 is 0 Å². The van der Waals surface area contributed by atoms with E-state index in [-0.39, 0.29) is 19.0 Å². The standard InChI is InChI=1S/C12H12O3/c1-15-12(14)8-4-7-10-5-2-3-6-11(10)9-13/h2-3,5-6,13H,8-9H2,1H3. The Morgan fingerprint density at radius 1 is 1.47 bits per heavy atom. The number of aliphatic hydroxyl groups excluding tert-OH is 1. The number of rotatable bonds is 2. The van der Waals surface area contributed by atoms with E-state index in [4.69, 9.17) is 5.11 Å². The minimum atomic E-state index is -0.357. The van der Waals surface area contributed by atoms with Crippen LogP contribution in [0.25, 0.3) is 0 Å². The summed E-state index contributed by atoms with van der Waals surface area (Å²) in [5.74, 6) is 5.15. The van der Waals surface area contributed by atoms with Crippen LogP contribution in [-0.4, -0.2) is 18.2 Å². The number of methoxy groups -OCH3 is 1. The first-order valence-electron chi connectivity index (χ1n) is 4.52. The fourth-order valence-corrected chi connectivity index (χ4v) is 1.06. The minimum Gasteiger partial charge on any atom is -0.468 e. The predicted octanol–water partition coefficient (Wildman–Crippen LogP) is 1.09. The lowest BCUT2D eigenvalue weighted by Gasteiger charge is -1.98. The Morgan fingerprint density at radius 2 is 2.20 bits per heavy atom. The molecule has 1 aromatic rings. The Morgan fingerprint density at radius 3 is 2.87 bits per heavy atom. The Bertz CT molecular complexity index is 399. The Hall–Kier alpha value is -1.79. The molecule has 3 nitrogen and oxygen atoms in total. The lowest BCUT2D eigenvalue weighted by atomic mass is 10.1. The zero-order valence-corrected chi connectivity index (χ0v) is 8.49. The monoisotopic (exact) mass is 204 g/mol. The van der Waals surface area contributed by atoms with Crippen molar-refractivity contribution >= 4 is 5.97 Å². The number of hydrogen-bond acceptors (Lipinski definition) is 3. The average Bonchev–Trinajstić information content (AvgIpc) is 2.29. The smallest absolute Gasteiger partial charge is 0.317 e. The third kappa shape index (κ3) is 3.45. The maximum atomic E-state index is 10.8. The van der Waals surface area contributed by atoms with E-state index in [9.17, 15) is 4.79 Å². The summed E-state index contributed by atoms with van der Waals surface area (Å²) in [6, 6.07) is 7.26. The number of esters is 1. The van der Waals surface area contributed by atoms with Crippen LogP contribution in [0.2, 0.25) is 0 Å². The molecule has 3 heteroatoms. The summed E-state index contributed by atoms with van der Waals surface area (Å²) in [6.45, 7) is -0.0525. The second kappa shape index (κ2) is 5.84. The molecule has 0 amide bonds. The Labute approximate surface area is 88.7 Å². The van der Waals surface area contributed by atoms with E-state index in [1.807, 2.05) is 12.1 Å². The highest BCUT2D eigenvalue weighted by atomic mass is 16.5. The molecule has 0 spiro atoms. The van der Waals surface area contributed by atoms with Gasteiger partial charge in [-0.1, -0.05) is 30.0 Å². The van der Waals surface area contributed by atoms with Gasteiger partial charge in [0, 0.05) is 5.56 Å². The molecule has 15 heavy (non-hydrogen) atoms. The van der Waals surface area contributed by atoms with Crippen LogP contribution in [0.3, 0.4) is 0 Å². The van der Waals surface area contributed by atoms with Gasteiger partial charge in [-0.2, -0.15) is 0 Å². The molecule has 0 heterocycles. The molecule has 1 aromatic carbocycles. The van der Waals surface area contributed by atoms with E-state index in [1.54, 1.807) is 12.1 Å². The Balaban J connectivity index is 2.75. The topological polar surface area (TPSA) is 46.5 Å². The molecule has 0 aromatic heterocycles. The lowest BCUT2D eigenvalue weighted by molar-refractivity contribution is -0.139. The molecule has 0 saturated carbocycles. The van der Waals surface area contributed by atoms with Crippen LogP contribution in [0, 0.1) is 11.8 Å². The van der Waals surface area contributed by atoms with Gasteiger partial charge >= 0.3 is 5.97 Å². The van der Waals surface area contributed by atoms with Crippen molar-refractivity contribution in [1.29, 1.82) is 0 Å². The SMILES string of the molecule is COC(=O)CC#Cc1ccccc1CO. The maximum absolute atomic E-state index is 10.8. The highest BCUT2D eigenvalue weighted by Gasteiger charge is 1.97. The van der Waals surface area contributed by atoms with Crippen molar-refractivity contribution in [3.8, 4) is 11.8 Å². The third-order valence-electron chi connectivity index (χ3n) is 1.87. The second-order valence-corrected chi connectivity index (χ2v) is 2.87. The summed E-state index contributed by atoms with van der Waals surface area (Å²) in [7, 11) is 1.33. The third-order valence-corrected chi connectivity index (χ3v) is 1.87. The quantitative estimate of drug-likeness (QED) is 0.579. The summed E-state index contributed by atoms with van der Waals surface area (Å²) in [6.07, 6.45) is 0.0657. The van der Waals surface area contributed by atoms with Crippen LogP contribution in [0.4, 0.5) is 0 Å². The molecule has 0 atom stereocenters. The number of aliphatic hydroxyl groups is 1. The average molecular weight is 204 g/mol. The molecule has 0 aliphatic rings. The molecule has 0 aliphatic carbocycles. The predicted molar refractivity (Wildman–Crippen MR) is 55.9 cm³/mol. The van der Waals surface area contributed by atoms with Gasteiger partial charge in [-0.25, -0.2) is 0 Å². The normalized spacial score (nSPS) is 8.93. The van der Waals surface area contributed by atoms with Gasteiger partial charge in [0.1, 0.15) is 6.42 Å². The number of hydrogen-bond donors (Lipinski definition) is 1. The van der Waals surface area contributed by atoms with Crippen molar-refractivity contribution in [2.45, 2.75) is 13.0 Å². The van der Waals surface area contributed by atoms with Gasteiger partial charge in [0.25, 0.3) is 0 Å². The highest BCUT2D eigenvalue weighted by Crippen LogP contribution is 2.06. The molecule has 78 valence electrons. The van der Waals surface area contributed by atoms with Gasteiger partial charge < -0.3 is 9.84 Å². The van der Waals surface area contributed by atoms with Crippen molar-refractivity contribution in [1.82, 2.24) is 0 Å². The zero-order valence-electron chi connectivity index (χ0n) is 8.49. The van der Waals surface area contributed by atoms with Crippen LogP contribution in [0.1, 0.15) is 17.5 Å². The summed E-state index contributed by atoms with van der Waals surface area (Å²) in [5.41, 5.74) is 1.50. The highest BCUT2D eigenvalue weighted by molar-refractivity contribution is 5.72. The number of benzene rings is 1. The van der Waals surface area contributed by atoms with Gasteiger partial charge in [0.2, 0.25) is 0 Å². The number of carbonyl (C=O) groups excluding carboxylic acids is 1. The molecule has 0 unspecified atom stereocenters. The van der Waals surface area contributed by atoms with Crippen LogP contribution in [0.15, 0.2) is 24.3 Å². The molecule has 0 aliphatic heterocycles. The first-order chi connectivity index (χ1) is 7.27. The minimum absolute atomic E-state index is 0.0525. The molecule has 0 bridgehead atoms.